The summed E-state index contributed by atoms with van der Waals surface area (Å²) in [7, 11) is -2.57. The molecule has 0 aromatic rings. The molecule has 0 aliphatic carbocycles. The lowest BCUT2D eigenvalue weighted by molar-refractivity contribution is -0.112. The van der Waals surface area contributed by atoms with Crippen LogP contribution in [-0.4, -0.2) is 24.7 Å². The van der Waals surface area contributed by atoms with Crippen LogP contribution in [-0.2, 0) is 14.6 Å². The molecule has 0 spiro atoms. The normalized spacial score (nSPS) is 17.7. The predicted octanol–water partition coefficient (Wildman–Crippen LogP) is 6.67. The second-order valence-electron chi connectivity index (χ2n) is 8.08. The van der Waals surface area contributed by atoms with Gasteiger partial charge in [-0.3, -0.25) is 4.79 Å². The highest BCUT2D eigenvalue weighted by atomic mass is 35.5. The lowest BCUT2D eigenvalue weighted by atomic mass is 10.0. The van der Waals surface area contributed by atoms with Gasteiger partial charge < -0.3 is 0 Å². The van der Waals surface area contributed by atoms with E-state index in [1.165, 1.54) is 70.6 Å². The van der Waals surface area contributed by atoms with Crippen LogP contribution in [0.5, 0.6) is 0 Å². The van der Waals surface area contributed by atoms with Gasteiger partial charge in [-0.1, -0.05) is 97.8 Å². The average molecular weight is 409 g/mol. The minimum atomic E-state index is -2.57. The number of unbranched alkanes of at least 4 members (excludes halogenated alkanes) is 11. The fraction of sp³-hybridized carbons (Fsp3) is 0.952. The Morgan fingerprint density at radius 2 is 1.27 bits per heavy atom. The molecule has 5 heteroatoms. The largest absolute Gasteiger partial charge is 0.281 e. The van der Waals surface area contributed by atoms with Crippen LogP contribution in [0.1, 0.15) is 111 Å². The molecule has 0 bridgehead atoms. The summed E-state index contributed by atoms with van der Waals surface area (Å²) in [6, 6.07) is 0. The zero-order valence-corrected chi connectivity index (χ0v) is 18.8. The molecule has 0 aromatic heterocycles. The summed E-state index contributed by atoms with van der Waals surface area (Å²) < 4.78 is 22.0. The standard InChI is InChI=1S/C16H32O2S.C5H9ClO/c1-2-3-4-5-6-7-8-9-10-11-12-13-14-16-15-19(16,17)18;1-4(2)3-5(6)7/h16H,2-15H2,1H3;4H,3H2,1-2H3. The van der Waals surface area contributed by atoms with Gasteiger partial charge in [0, 0.05) is 6.42 Å². The lowest BCUT2D eigenvalue weighted by Gasteiger charge is -2.02. The first-order chi connectivity index (χ1) is 12.3. The SMILES string of the molecule is CC(C)CC(=O)Cl.CCCCCCCCCCCCCCC1CS1(=O)=O. The maximum Gasteiger partial charge on any atom is 0.221 e. The molecule has 0 radical (unpaired) electrons. The van der Waals surface area contributed by atoms with Crippen LogP contribution in [0.15, 0.2) is 0 Å². The van der Waals surface area contributed by atoms with Crippen molar-refractivity contribution in [3.05, 3.63) is 0 Å². The number of carbonyl (C=O) groups is 1. The van der Waals surface area contributed by atoms with Gasteiger partial charge in [-0.05, 0) is 23.9 Å². The molecule has 3 nitrogen and oxygen atoms in total. The first-order valence-corrected chi connectivity index (χ1v) is 12.8. The smallest absolute Gasteiger partial charge is 0.221 e. The third-order valence-corrected chi connectivity index (χ3v) is 6.77. The van der Waals surface area contributed by atoms with E-state index in [0.717, 1.165) is 12.8 Å². The van der Waals surface area contributed by atoms with Gasteiger partial charge >= 0.3 is 0 Å². The van der Waals surface area contributed by atoms with E-state index in [4.69, 9.17) is 11.6 Å². The maximum absolute atomic E-state index is 11.0. The van der Waals surface area contributed by atoms with Gasteiger partial charge in [0.1, 0.15) is 0 Å². The third-order valence-electron chi connectivity index (χ3n) is 4.76. The molecule has 1 aliphatic rings. The Bertz CT molecular complexity index is 446. The van der Waals surface area contributed by atoms with Crippen LogP contribution in [0.25, 0.3) is 0 Å². The summed E-state index contributed by atoms with van der Waals surface area (Å²) in [5.41, 5.74) is 0. The van der Waals surface area contributed by atoms with E-state index in [0.29, 0.717) is 18.1 Å². The molecule has 1 unspecified atom stereocenters. The molecule has 1 saturated heterocycles. The van der Waals surface area contributed by atoms with Crippen molar-refractivity contribution in [3.63, 3.8) is 0 Å². The summed E-state index contributed by atoms with van der Waals surface area (Å²) in [5, 5.41) is -0.203. The van der Waals surface area contributed by atoms with E-state index >= 15 is 0 Å². The Kier molecular flexibility index (Phi) is 15.9. The predicted molar refractivity (Wildman–Crippen MR) is 114 cm³/mol. The zero-order chi connectivity index (χ0) is 19.8. The first kappa shape index (κ1) is 25.9. The van der Waals surface area contributed by atoms with Crippen LogP contribution in [0.2, 0.25) is 0 Å². The molecule has 1 atom stereocenters. The van der Waals surface area contributed by atoms with Crippen LogP contribution < -0.4 is 0 Å². The highest BCUT2D eigenvalue weighted by molar-refractivity contribution is 7.99. The molecule has 26 heavy (non-hydrogen) atoms. The minimum absolute atomic E-state index is 0.0376. The van der Waals surface area contributed by atoms with Gasteiger partial charge in [0.05, 0.1) is 11.0 Å². The second-order valence-corrected chi connectivity index (χ2v) is 10.8. The number of rotatable bonds is 15. The molecule has 1 aliphatic heterocycles. The van der Waals surface area contributed by atoms with Crippen molar-refractivity contribution in [2.75, 3.05) is 5.75 Å². The van der Waals surface area contributed by atoms with Crippen LogP contribution in [0.4, 0.5) is 0 Å². The molecule has 1 heterocycles. The molecule has 1 rings (SSSR count). The van der Waals surface area contributed by atoms with Crippen LogP contribution in [0, 0.1) is 5.92 Å². The summed E-state index contributed by atoms with van der Waals surface area (Å²) in [5.74, 6) is 0.857. The Hall–Kier alpha value is -0.0900. The second kappa shape index (κ2) is 15.9. The van der Waals surface area contributed by atoms with Crippen molar-refractivity contribution in [1.82, 2.24) is 0 Å². The van der Waals surface area contributed by atoms with Gasteiger partial charge in [-0.15, -0.1) is 0 Å². The van der Waals surface area contributed by atoms with Crippen LogP contribution in [0.3, 0.4) is 0 Å². The Morgan fingerprint density at radius 3 is 1.54 bits per heavy atom. The molecule has 156 valence electrons. The number of sulfone groups is 1. The topological polar surface area (TPSA) is 51.2 Å². The number of hydrogen-bond donors (Lipinski definition) is 0. The van der Waals surface area contributed by atoms with E-state index in [1.807, 2.05) is 13.8 Å². The van der Waals surface area contributed by atoms with Gasteiger partial charge in [-0.2, -0.15) is 0 Å². The molecule has 0 saturated carbocycles. The highest BCUT2D eigenvalue weighted by Gasteiger charge is 2.42. The third kappa shape index (κ3) is 17.3. The number of halogens is 1. The highest BCUT2D eigenvalue weighted by Crippen LogP contribution is 2.27. The quantitative estimate of drug-likeness (QED) is 0.172. The molecule has 0 aromatic carbocycles. The summed E-state index contributed by atoms with van der Waals surface area (Å²) in [4.78, 5) is 10.0. The summed E-state index contributed by atoms with van der Waals surface area (Å²) in [6.45, 7) is 6.18. The summed E-state index contributed by atoms with van der Waals surface area (Å²) in [6.07, 6.45) is 17.5. The van der Waals surface area contributed by atoms with Gasteiger partial charge in [-0.25, -0.2) is 8.42 Å². The fourth-order valence-electron chi connectivity index (χ4n) is 3.02. The van der Waals surface area contributed by atoms with Crippen molar-refractivity contribution in [3.8, 4) is 0 Å². The van der Waals surface area contributed by atoms with E-state index in [-0.39, 0.29) is 10.5 Å². The van der Waals surface area contributed by atoms with Crippen LogP contribution >= 0.6 is 11.6 Å². The lowest BCUT2D eigenvalue weighted by Crippen LogP contribution is -1.92. The van der Waals surface area contributed by atoms with Gasteiger partial charge in [0.15, 0.2) is 9.84 Å². The molecular formula is C21H41ClO3S. The Labute approximate surface area is 167 Å². The van der Waals surface area contributed by atoms with Crippen molar-refractivity contribution < 1.29 is 13.2 Å². The average Bonchev–Trinajstić information content (AvgIpc) is 3.14. The maximum atomic E-state index is 11.0. The monoisotopic (exact) mass is 408 g/mol. The summed E-state index contributed by atoms with van der Waals surface area (Å²) >= 11 is 5.03. The van der Waals surface area contributed by atoms with E-state index in [2.05, 4.69) is 6.92 Å². The number of hydrogen-bond acceptors (Lipinski definition) is 3. The first-order valence-electron chi connectivity index (χ1n) is 10.7. The molecule has 0 amide bonds. The van der Waals surface area contributed by atoms with E-state index < -0.39 is 9.84 Å². The van der Waals surface area contributed by atoms with Gasteiger partial charge in [0.2, 0.25) is 5.24 Å². The number of carbonyl (C=O) groups excluding carboxylic acids is 1. The van der Waals surface area contributed by atoms with E-state index in [1.54, 1.807) is 0 Å². The fourth-order valence-corrected chi connectivity index (χ4v) is 4.79. The minimum Gasteiger partial charge on any atom is -0.281 e. The molecular weight excluding hydrogens is 368 g/mol. The Balaban J connectivity index is 0.000000758. The van der Waals surface area contributed by atoms with Crippen molar-refractivity contribution >= 4 is 26.7 Å². The Morgan fingerprint density at radius 1 is 0.885 bits per heavy atom. The van der Waals surface area contributed by atoms with Crippen molar-refractivity contribution in [1.29, 1.82) is 0 Å². The molecule has 1 fully saturated rings. The van der Waals surface area contributed by atoms with Crippen molar-refractivity contribution in [2.45, 2.75) is 116 Å². The van der Waals surface area contributed by atoms with Gasteiger partial charge in [0.25, 0.3) is 0 Å². The van der Waals surface area contributed by atoms with Crippen molar-refractivity contribution in [2.24, 2.45) is 5.92 Å². The zero-order valence-electron chi connectivity index (χ0n) is 17.3. The molecule has 0 N–H and O–H groups in total. The van der Waals surface area contributed by atoms with E-state index in [9.17, 15) is 13.2 Å².